The van der Waals surface area contributed by atoms with Gasteiger partial charge in [-0.2, -0.15) is 20.0 Å². The summed E-state index contributed by atoms with van der Waals surface area (Å²) in [5.41, 5.74) is 0.690. The van der Waals surface area contributed by atoms with Gasteiger partial charge in [0.15, 0.2) is 5.82 Å². The Morgan fingerprint density at radius 1 is 1.18 bits per heavy atom. The van der Waals surface area contributed by atoms with Gasteiger partial charge in [-0.15, -0.1) is 10.2 Å². The van der Waals surface area contributed by atoms with Crippen LogP contribution >= 0.6 is 11.8 Å². The number of nitrogens with zero attached hydrogens (tertiary/aromatic N) is 10. The minimum absolute atomic E-state index is 0.00499. The van der Waals surface area contributed by atoms with Crippen molar-refractivity contribution < 1.29 is 14.3 Å². The van der Waals surface area contributed by atoms with Crippen molar-refractivity contribution in [2.24, 2.45) is 5.10 Å². The highest BCUT2D eigenvalue weighted by molar-refractivity contribution is 7.98. The quantitative estimate of drug-likeness (QED) is 0.148. The summed E-state index contributed by atoms with van der Waals surface area (Å²) in [4.78, 5) is 21.0. The summed E-state index contributed by atoms with van der Waals surface area (Å²) >= 11 is 1.27. The molecule has 16 heteroatoms. The first kappa shape index (κ1) is 22.8. The molecule has 0 amide bonds. The zero-order valence-corrected chi connectivity index (χ0v) is 19.0. The van der Waals surface area contributed by atoms with Crippen LogP contribution in [0.4, 0.5) is 11.4 Å². The van der Waals surface area contributed by atoms with Crippen LogP contribution in [0.3, 0.4) is 0 Å². The Hall–Kier alpha value is -4.34. The van der Waals surface area contributed by atoms with Gasteiger partial charge >= 0.3 is 11.4 Å². The first-order chi connectivity index (χ1) is 16.2. The van der Waals surface area contributed by atoms with Gasteiger partial charge in [-0.05, 0) is 32.9 Å². The van der Waals surface area contributed by atoms with Gasteiger partial charge in [-0.25, -0.2) is 0 Å². The molecule has 176 valence electrons. The number of nitro groups is 2. The smallest absolute Gasteiger partial charge is 0.312 e. The van der Waals surface area contributed by atoms with Gasteiger partial charge in [0.25, 0.3) is 0 Å². The van der Waals surface area contributed by atoms with Crippen molar-refractivity contribution in [1.29, 1.82) is 0 Å². The van der Waals surface area contributed by atoms with E-state index in [-0.39, 0.29) is 23.8 Å². The first-order valence-electron chi connectivity index (χ1n) is 9.76. The van der Waals surface area contributed by atoms with E-state index < -0.39 is 9.85 Å². The normalized spacial score (nSPS) is 11.5. The summed E-state index contributed by atoms with van der Waals surface area (Å²) in [7, 11) is 0. The molecule has 34 heavy (non-hydrogen) atoms. The third kappa shape index (κ3) is 4.70. The van der Waals surface area contributed by atoms with Gasteiger partial charge in [-0.1, -0.05) is 11.8 Å². The molecule has 4 heterocycles. The lowest BCUT2D eigenvalue weighted by Gasteiger charge is -2.03. The van der Waals surface area contributed by atoms with Crippen LogP contribution in [-0.4, -0.2) is 50.5 Å². The topological polar surface area (TPSA) is 178 Å². The molecule has 0 aromatic carbocycles. The van der Waals surface area contributed by atoms with Crippen LogP contribution in [-0.2, 0) is 12.4 Å². The van der Waals surface area contributed by atoms with Gasteiger partial charge in [0.05, 0.1) is 28.5 Å². The number of thioether (sulfide) groups is 1. The van der Waals surface area contributed by atoms with Crippen molar-refractivity contribution in [3.8, 4) is 0 Å². The van der Waals surface area contributed by atoms with E-state index >= 15 is 0 Å². The van der Waals surface area contributed by atoms with Crippen molar-refractivity contribution in [2.45, 2.75) is 38.3 Å². The summed E-state index contributed by atoms with van der Waals surface area (Å²) in [5, 5.41) is 43.1. The Balaban J connectivity index is 1.45. The van der Waals surface area contributed by atoms with Crippen LogP contribution in [0.5, 0.6) is 0 Å². The second-order valence-corrected chi connectivity index (χ2v) is 8.00. The molecule has 0 aliphatic rings. The van der Waals surface area contributed by atoms with Crippen LogP contribution in [0.2, 0.25) is 0 Å². The molecule has 0 saturated heterocycles. The Kier molecular flexibility index (Phi) is 6.22. The highest BCUT2D eigenvalue weighted by Gasteiger charge is 2.22. The molecule has 4 rings (SSSR count). The SMILES string of the molecule is Cc1nn(CSc2nnc(C)n2/N=C\c2ccc(Cn3cc([N+](=O)[O-])cn3)o2)c(C)c1[N+](=O)[O-]. The molecule has 0 saturated carbocycles. The van der Waals surface area contributed by atoms with Crippen LogP contribution in [0.25, 0.3) is 0 Å². The molecule has 0 spiro atoms. The molecule has 0 fully saturated rings. The van der Waals surface area contributed by atoms with E-state index in [2.05, 4.69) is 25.5 Å². The second kappa shape index (κ2) is 9.26. The highest BCUT2D eigenvalue weighted by Crippen LogP contribution is 2.25. The summed E-state index contributed by atoms with van der Waals surface area (Å²) in [6, 6.07) is 3.43. The zero-order valence-electron chi connectivity index (χ0n) is 18.2. The molecule has 4 aromatic heterocycles. The van der Waals surface area contributed by atoms with Crippen LogP contribution in [0.15, 0.2) is 39.2 Å². The number of hydrogen-bond donors (Lipinski definition) is 0. The monoisotopic (exact) mass is 486 g/mol. The average molecular weight is 486 g/mol. The van der Waals surface area contributed by atoms with Crippen molar-refractivity contribution in [2.75, 3.05) is 0 Å². The Morgan fingerprint density at radius 2 is 1.97 bits per heavy atom. The lowest BCUT2D eigenvalue weighted by Crippen LogP contribution is -2.02. The zero-order chi connectivity index (χ0) is 24.4. The molecule has 0 atom stereocenters. The molecular formula is C18H18N10O5S. The highest BCUT2D eigenvalue weighted by atomic mass is 32.2. The number of furan rings is 1. The summed E-state index contributed by atoms with van der Waals surface area (Å²) in [5.74, 6) is 1.82. The van der Waals surface area contributed by atoms with Gasteiger partial charge < -0.3 is 4.42 Å². The van der Waals surface area contributed by atoms with Crippen molar-refractivity contribution in [3.05, 3.63) is 73.5 Å². The summed E-state index contributed by atoms with van der Waals surface area (Å²) in [6.45, 7) is 5.20. The maximum absolute atomic E-state index is 11.2. The van der Waals surface area contributed by atoms with E-state index in [0.29, 0.717) is 33.9 Å². The number of aryl methyl sites for hydroxylation is 2. The summed E-state index contributed by atoms with van der Waals surface area (Å²) < 4.78 is 10.2. The molecule has 0 radical (unpaired) electrons. The molecule has 0 aliphatic carbocycles. The van der Waals surface area contributed by atoms with Crippen molar-refractivity contribution >= 4 is 29.4 Å². The van der Waals surface area contributed by atoms with E-state index in [1.165, 1.54) is 44.4 Å². The number of aromatic nitrogens is 7. The van der Waals surface area contributed by atoms with E-state index in [4.69, 9.17) is 4.42 Å². The average Bonchev–Trinajstić information content (AvgIpc) is 3.54. The molecular weight excluding hydrogens is 468 g/mol. The molecule has 15 nitrogen and oxygen atoms in total. The minimum atomic E-state index is -0.517. The lowest BCUT2D eigenvalue weighted by molar-refractivity contribution is -0.386. The van der Waals surface area contributed by atoms with E-state index in [9.17, 15) is 20.2 Å². The van der Waals surface area contributed by atoms with Crippen LogP contribution in [0.1, 0.15) is 28.7 Å². The van der Waals surface area contributed by atoms with Gasteiger partial charge in [-0.3, -0.25) is 29.6 Å². The van der Waals surface area contributed by atoms with Gasteiger partial charge in [0.1, 0.15) is 35.3 Å². The molecule has 4 aromatic rings. The third-order valence-electron chi connectivity index (χ3n) is 4.74. The number of hydrogen-bond acceptors (Lipinski definition) is 11. The Morgan fingerprint density at radius 3 is 2.65 bits per heavy atom. The van der Waals surface area contributed by atoms with Crippen LogP contribution < -0.4 is 0 Å². The van der Waals surface area contributed by atoms with E-state index in [0.717, 1.165) is 0 Å². The van der Waals surface area contributed by atoms with Crippen LogP contribution in [0, 0.1) is 41.0 Å². The van der Waals surface area contributed by atoms with E-state index in [1.54, 1.807) is 32.9 Å². The molecule has 0 bridgehead atoms. The van der Waals surface area contributed by atoms with E-state index in [1.807, 2.05) is 0 Å². The molecule has 0 aliphatic heterocycles. The third-order valence-corrected chi connectivity index (χ3v) is 5.63. The fourth-order valence-corrected chi connectivity index (χ4v) is 4.00. The Bertz CT molecular complexity index is 1400. The Labute approximate surface area is 195 Å². The number of rotatable bonds is 9. The largest absolute Gasteiger partial charge is 0.458 e. The van der Waals surface area contributed by atoms with Gasteiger partial charge in [0.2, 0.25) is 5.16 Å². The second-order valence-electron chi connectivity index (χ2n) is 7.09. The van der Waals surface area contributed by atoms with Gasteiger partial charge in [0, 0.05) is 0 Å². The first-order valence-corrected chi connectivity index (χ1v) is 10.7. The summed E-state index contributed by atoms with van der Waals surface area (Å²) in [6.07, 6.45) is 3.98. The predicted octanol–water partition coefficient (Wildman–Crippen LogP) is 2.69. The maximum Gasteiger partial charge on any atom is 0.312 e. The fourth-order valence-electron chi connectivity index (χ4n) is 3.11. The molecule has 0 N–H and O–H groups in total. The minimum Gasteiger partial charge on any atom is -0.458 e. The lowest BCUT2D eigenvalue weighted by atomic mass is 10.3. The van der Waals surface area contributed by atoms with Crippen molar-refractivity contribution in [1.82, 2.24) is 34.4 Å². The molecule has 0 unspecified atom stereocenters. The van der Waals surface area contributed by atoms with Crippen molar-refractivity contribution in [3.63, 3.8) is 0 Å². The fraction of sp³-hybridized carbons (Fsp3) is 0.278. The standard InChI is InChI=1S/C18H18N10O5S/c1-11-17(28(31)32)12(2)25(23-11)10-34-18-22-21-13(3)26(18)20-7-15-4-5-16(33-15)9-24-8-14(6-19-24)27(29)30/h4-8H,9-10H2,1-3H3/b20-7-. The maximum atomic E-state index is 11.2. The predicted molar refractivity (Wildman–Crippen MR) is 119 cm³/mol.